The van der Waals surface area contributed by atoms with Gasteiger partial charge in [-0.25, -0.2) is 0 Å². The minimum absolute atomic E-state index is 0.0392. The summed E-state index contributed by atoms with van der Waals surface area (Å²) in [6.07, 6.45) is 0. The van der Waals surface area contributed by atoms with E-state index in [1.54, 1.807) is 0 Å². The van der Waals surface area contributed by atoms with Crippen LogP contribution in [-0.2, 0) is 4.79 Å². The van der Waals surface area contributed by atoms with Crippen molar-refractivity contribution in [2.75, 3.05) is 42.9 Å². The van der Waals surface area contributed by atoms with Crippen LogP contribution in [0.5, 0.6) is 0 Å². The molecule has 1 fully saturated rings. The first-order valence-electron chi connectivity index (χ1n) is 10.2. The molecule has 4 nitrogen and oxygen atoms in total. The number of hydrogen-bond donors (Lipinski definition) is 1. The molecule has 1 heterocycles. The number of aryl methyl sites for hydroxylation is 1. The van der Waals surface area contributed by atoms with Gasteiger partial charge in [-0.15, -0.1) is 0 Å². The fourth-order valence-electron chi connectivity index (χ4n) is 3.84. The number of benzene rings is 3. The molecule has 0 aromatic heterocycles. The van der Waals surface area contributed by atoms with E-state index in [9.17, 15) is 4.79 Å². The van der Waals surface area contributed by atoms with E-state index in [1.807, 2.05) is 42.5 Å². The van der Waals surface area contributed by atoms with Gasteiger partial charge in [0.25, 0.3) is 0 Å². The summed E-state index contributed by atoms with van der Waals surface area (Å²) in [5, 5.41) is 3.11. The van der Waals surface area contributed by atoms with Gasteiger partial charge in [-0.1, -0.05) is 60.7 Å². The lowest BCUT2D eigenvalue weighted by Gasteiger charge is -2.35. The lowest BCUT2D eigenvalue weighted by Crippen LogP contribution is -2.48. The van der Waals surface area contributed by atoms with Crippen LogP contribution in [0.25, 0.3) is 11.1 Å². The van der Waals surface area contributed by atoms with Gasteiger partial charge >= 0.3 is 0 Å². The summed E-state index contributed by atoms with van der Waals surface area (Å²) in [5.74, 6) is 0.0392. The molecular formula is C25H27N3O. The van der Waals surface area contributed by atoms with E-state index in [2.05, 4.69) is 58.4 Å². The summed E-state index contributed by atoms with van der Waals surface area (Å²) in [7, 11) is 0. The van der Waals surface area contributed by atoms with Crippen LogP contribution < -0.4 is 10.2 Å². The predicted octanol–water partition coefficient (Wildman–Crippen LogP) is 4.42. The van der Waals surface area contributed by atoms with Crippen molar-refractivity contribution < 1.29 is 4.79 Å². The van der Waals surface area contributed by atoms with Crippen molar-refractivity contribution in [2.45, 2.75) is 6.92 Å². The maximum absolute atomic E-state index is 12.7. The topological polar surface area (TPSA) is 35.6 Å². The third-order valence-electron chi connectivity index (χ3n) is 5.39. The number of nitrogens with one attached hydrogen (secondary N) is 1. The van der Waals surface area contributed by atoms with Crippen molar-refractivity contribution in [3.63, 3.8) is 0 Å². The van der Waals surface area contributed by atoms with E-state index in [0.29, 0.717) is 6.54 Å². The Hall–Kier alpha value is -3.11. The summed E-state index contributed by atoms with van der Waals surface area (Å²) < 4.78 is 0. The molecule has 0 aliphatic carbocycles. The minimum Gasteiger partial charge on any atom is -0.369 e. The fraction of sp³-hybridized carbons (Fsp3) is 0.240. The largest absolute Gasteiger partial charge is 0.369 e. The Kier molecular flexibility index (Phi) is 5.92. The quantitative estimate of drug-likeness (QED) is 0.706. The predicted molar refractivity (Wildman–Crippen MR) is 120 cm³/mol. The maximum Gasteiger partial charge on any atom is 0.238 e. The summed E-state index contributed by atoms with van der Waals surface area (Å²) in [6.45, 7) is 6.21. The van der Waals surface area contributed by atoms with Crippen LogP contribution in [0.3, 0.4) is 0 Å². The van der Waals surface area contributed by atoms with Crippen molar-refractivity contribution in [2.24, 2.45) is 0 Å². The normalized spacial score (nSPS) is 14.6. The van der Waals surface area contributed by atoms with Crippen molar-refractivity contribution in [3.05, 3.63) is 84.4 Å². The van der Waals surface area contributed by atoms with Gasteiger partial charge in [-0.3, -0.25) is 9.69 Å². The Morgan fingerprint density at radius 2 is 1.59 bits per heavy atom. The molecule has 0 unspecified atom stereocenters. The molecule has 0 radical (unpaired) electrons. The number of anilines is 2. The highest BCUT2D eigenvalue weighted by Crippen LogP contribution is 2.27. The molecule has 1 aliphatic rings. The van der Waals surface area contributed by atoms with Crippen LogP contribution in [0.4, 0.5) is 11.4 Å². The second-order valence-corrected chi connectivity index (χ2v) is 7.56. The first-order chi connectivity index (χ1) is 14.2. The van der Waals surface area contributed by atoms with E-state index in [-0.39, 0.29) is 5.91 Å². The minimum atomic E-state index is 0.0392. The van der Waals surface area contributed by atoms with Crippen LogP contribution >= 0.6 is 0 Å². The maximum atomic E-state index is 12.7. The molecular weight excluding hydrogens is 358 g/mol. The second-order valence-electron chi connectivity index (χ2n) is 7.56. The van der Waals surface area contributed by atoms with Crippen LogP contribution in [0.15, 0.2) is 78.9 Å². The van der Waals surface area contributed by atoms with Crippen molar-refractivity contribution in [3.8, 4) is 11.1 Å². The van der Waals surface area contributed by atoms with E-state index < -0.39 is 0 Å². The Bertz CT molecular complexity index is 963. The zero-order valence-electron chi connectivity index (χ0n) is 16.8. The SMILES string of the molecule is Cc1cccc(N2CCN(CC(=O)Nc3ccccc3-c3ccccc3)CC2)c1. The number of rotatable bonds is 5. The lowest BCUT2D eigenvalue weighted by atomic mass is 10.0. The summed E-state index contributed by atoms with van der Waals surface area (Å²) in [5.41, 5.74) is 5.57. The average Bonchev–Trinajstić information content (AvgIpc) is 2.75. The zero-order valence-corrected chi connectivity index (χ0v) is 16.8. The molecule has 0 bridgehead atoms. The number of carbonyl (C=O) groups excluding carboxylic acids is 1. The Morgan fingerprint density at radius 1 is 0.862 bits per heavy atom. The number of piperazine rings is 1. The number of para-hydroxylation sites is 1. The highest BCUT2D eigenvalue weighted by Gasteiger charge is 2.19. The second kappa shape index (κ2) is 8.93. The smallest absolute Gasteiger partial charge is 0.238 e. The molecule has 0 spiro atoms. The van der Waals surface area contributed by atoms with Gasteiger partial charge in [-0.05, 0) is 36.2 Å². The van der Waals surface area contributed by atoms with Crippen LogP contribution in [0.1, 0.15) is 5.56 Å². The molecule has 3 aromatic rings. The number of carbonyl (C=O) groups is 1. The van der Waals surface area contributed by atoms with Crippen LogP contribution in [0.2, 0.25) is 0 Å². The van der Waals surface area contributed by atoms with Gasteiger partial charge in [0, 0.05) is 43.1 Å². The molecule has 3 aromatic carbocycles. The Labute approximate surface area is 172 Å². The lowest BCUT2D eigenvalue weighted by molar-refractivity contribution is -0.117. The summed E-state index contributed by atoms with van der Waals surface area (Å²) in [6, 6.07) is 26.8. The molecule has 1 N–H and O–H groups in total. The third-order valence-corrected chi connectivity index (χ3v) is 5.39. The number of hydrogen-bond acceptors (Lipinski definition) is 3. The van der Waals surface area contributed by atoms with E-state index in [0.717, 1.165) is 43.0 Å². The standard InChI is InChI=1S/C25H27N3O/c1-20-8-7-11-22(18-20)28-16-14-27(15-17-28)19-25(29)26-24-13-6-5-12-23(24)21-9-3-2-4-10-21/h2-13,18H,14-17,19H2,1H3,(H,26,29). The molecule has 1 amide bonds. The molecule has 1 saturated heterocycles. The first-order valence-corrected chi connectivity index (χ1v) is 10.2. The van der Waals surface area contributed by atoms with Crippen molar-refractivity contribution in [1.82, 2.24) is 4.90 Å². The molecule has 0 saturated carbocycles. The first kappa shape index (κ1) is 19.2. The van der Waals surface area contributed by atoms with E-state index >= 15 is 0 Å². The van der Waals surface area contributed by atoms with Gasteiger partial charge < -0.3 is 10.2 Å². The Balaban J connectivity index is 1.35. The van der Waals surface area contributed by atoms with Gasteiger partial charge in [0.15, 0.2) is 0 Å². The Morgan fingerprint density at radius 3 is 2.34 bits per heavy atom. The highest BCUT2D eigenvalue weighted by atomic mass is 16.2. The van der Waals surface area contributed by atoms with Gasteiger partial charge in [-0.2, -0.15) is 0 Å². The molecule has 1 aliphatic heterocycles. The van der Waals surface area contributed by atoms with Crippen LogP contribution in [0, 0.1) is 6.92 Å². The molecule has 4 heteroatoms. The van der Waals surface area contributed by atoms with E-state index in [1.165, 1.54) is 11.3 Å². The molecule has 29 heavy (non-hydrogen) atoms. The number of nitrogens with zero attached hydrogens (tertiary/aromatic N) is 2. The van der Waals surface area contributed by atoms with Gasteiger partial charge in [0.1, 0.15) is 0 Å². The van der Waals surface area contributed by atoms with Gasteiger partial charge in [0.05, 0.1) is 6.54 Å². The van der Waals surface area contributed by atoms with Gasteiger partial charge in [0.2, 0.25) is 5.91 Å². The van der Waals surface area contributed by atoms with E-state index in [4.69, 9.17) is 0 Å². The highest BCUT2D eigenvalue weighted by molar-refractivity contribution is 5.96. The van der Waals surface area contributed by atoms with Crippen molar-refractivity contribution >= 4 is 17.3 Å². The summed E-state index contributed by atoms with van der Waals surface area (Å²) in [4.78, 5) is 17.3. The molecule has 0 atom stereocenters. The fourth-order valence-corrected chi connectivity index (χ4v) is 3.84. The zero-order chi connectivity index (χ0) is 20.1. The monoisotopic (exact) mass is 385 g/mol. The molecule has 148 valence electrons. The van der Waals surface area contributed by atoms with Crippen molar-refractivity contribution in [1.29, 1.82) is 0 Å². The average molecular weight is 386 g/mol. The van der Waals surface area contributed by atoms with Crippen LogP contribution in [-0.4, -0.2) is 43.5 Å². The molecule has 4 rings (SSSR count). The summed E-state index contributed by atoms with van der Waals surface area (Å²) >= 11 is 0. The number of amides is 1. The third kappa shape index (κ3) is 4.84.